The van der Waals surface area contributed by atoms with Crippen LogP contribution in [0.3, 0.4) is 0 Å². The number of sulfonamides is 1. The lowest BCUT2D eigenvalue weighted by atomic mass is 10.2. The maximum Gasteiger partial charge on any atom is 0.251 e. The van der Waals surface area contributed by atoms with Crippen LogP contribution in [0.1, 0.15) is 36.0 Å². The van der Waals surface area contributed by atoms with E-state index in [0.29, 0.717) is 24.6 Å². The highest BCUT2D eigenvalue weighted by atomic mass is 35.5. The number of hydrogen-bond donors (Lipinski definition) is 3. The first-order valence-corrected chi connectivity index (χ1v) is 10.2. The number of ether oxygens (including phenoxy) is 1. The Kier molecular flexibility index (Phi) is 7.42. The molecule has 26 heavy (non-hydrogen) atoms. The van der Waals surface area contributed by atoms with Gasteiger partial charge in [0.2, 0.25) is 10.0 Å². The predicted octanol–water partition coefficient (Wildman–Crippen LogP) is 1.03. The van der Waals surface area contributed by atoms with Gasteiger partial charge in [0.25, 0.3) is 5.91 Å². The van der Waals surface area contributed by atoms with Gasteiger partial charge >= 0.3 is 0 Å². The summed E-state index contributed by atoms with van der Waals surface area (Å²) in [6, 6.07) is 5.89. The van der Waals surface area contributed by atoms with Crippen molar-refractivity contribution in [3.05, 3.63) is 29.8 Å². The number of carbonyl (C=O) groups excluding carboxylic acids is 1. The van der Waals surface area contributed by atoms with E-state index in [4.69, 9.17) is 10.5 Å². The molecule has 1 saturated carbocycles. The molecule has 2 atom stereocenters. The zero-order chi connectivity index (χ0) is 17.9. The molecule has 4 N–H and O–H groups in total. The molecular formula is C17H26ClN3O4S. The molecule has 1 amide bonds. The average Bonchev–Trinajstić information content (AvgIpc) is 3.34. The molecule has 3 rings (SSSR count). The molecule has 1 aromatic rings. The minimum atomic E-state index is -3.60. The van der Waals surface area contributed by atoms with Gasteiger partial charge in [0.15, 0.2) is 0 Å². The van der Waals surface area contributed by atoms with E-state index in [2.05, 4.69) is 10.0 Å². The van der Waals surface area contributed by atoms with Crippen molar-refractivity contribution >= 4 is 28.3 Å². The quantitative estimate of drug-likeness (QED) is 0.600. The maximum absolute atomic E-state index is 12.3. The van der Waals surface area contributed by atoms with Crippen LogP contribution in [-0.4, -0.2) is 46.2 Å². The molecule has 2 aliphatic rings. The van der Waals surface area contributed by atoms with Crippen molar-refractivity contribution in [2.45, 2.75) is 42.7 Å². The minimum Gasteiger partial charge on any atom is -0.377 e. The van der Waals surface area contributed by atoms with Gasteiger partial charge in [-0.05, 0) is 55.9 Å². The zero-order valence-electron chi connectivity index (χ0n) is 14.5. The van der Waals surface area contributed by atoms with Crippen LogP contribution in [0.25, 0.3) is 0 Å². The number of halogens is 1. The Hall–Kier alpha value is -1.19. The van der Waals surface area contributed by atoms with Gasteiger partial charge in [-0.3, -0.25) is 4.79 Å². The van der Waals surface area contributed by atoms with E-state index in [1.54, 1.807) is 0 Å². The molecule has 2 fully saturated rings. The molecule has 1 saturated heterocycles. The summed E-state index contributed by atoms with van der Waals surface area (Å²) in [7, 11) is -3.60. The normalized spacial score (nSPS) is 21.0. The van der Waals surface area contributed by atoms with Crippen LogP contribution >= 0.6 is 12.4 Å². The smallest absolute Gasteiger partial charge is 0.251 e. The Balaban J connectivity index is 0.00000243. The van der Waals surface area contributed by atoms with E-state index < -0.39 is 10.0 Å². The number of rotatable bonds is 8. The van der Waals surface area contributed by atoms with Crippen LogP contribution < -0.4 is 15.8 Å². The number of benzene rings is 1. The van der Waals surface area contributed by atoms with Crippen LogP contribution in [0.2, 0.25) is 0 Å². The molecule has 0 aromatic heterocycles. The topological polar surface area (TPSA) is 111 Å². The predicted molar refractivity (Wildman–Crippen MR) is 101 cm³/mol. The van der Waals surface area contributed by atoms with Gasteiger partial charge in [0.05, 0.1) is 11.0 Å². The van der Waals surface area contributed by atoms with Gasteiger partial charge in [-0.2, -0.15) is 0 Å². The Labute approximate surface area is 160 Å². The SMILES string of the molecule is Cl.NC(CNC(=O)c1ccc(S(=O)(=O)NCC2CCCO2)cc1)C1CC1. The highest BCUT2D eigenvalue weighted by Gasteiger charge is 2.28. The van der Waals surface area contributed by atoms with Crippen molar-refractivity contribution < 1.29 is 17.9 Å². The average molecular weight is 404 g/mol. The van der Waals surface area contributed by atoms with Crippen molar-refractivity contribution in [3.63, 3.8) is 0 Å². The van der Waals surface area contributed by atoms with E-state index in [0.717, 1.165) is 25.7 Å². The van der Waals surface area contributed by atoms with Gasteiger partial charge in [-0.25, -0.2) is 13.1 Å². The van der Waals surface area contributed by atoms with E-state index >= 15 is 0 Å². The maximum atomic E-state index is 12.3. The lowest BCUT2D eigenvalue weighted by Crippen LogP contribution is -2.38. The molecule has 1 aromatic carbocycles. The second-order valence-electron chi connectivity index (χ2n) is 6.72. The van der Waals surface area contributed by atoms with E-state index in [1.165, 1.54) is 24.3 Å². The Morgan fingerprint density at radius 2 is 1.92 bits per heavy atom. The summed E-state index contributed by atoms with van der Waals surface area (Å²) in [5.41, 5.74) is 6.38. The van der Waals surface area contributed by atoms with Crippen LogP contribution in [0.5, 0.6) is 0 Å². The van der Waals surface area contributed by atoms with E-state index in [9.17, 15) is 13.2 Å². The first kappa shape index (κ1) is 21.1. The number of hydrogen-bond acceptors (Lipinski definition) is 5. The van der Waals surface area contributed by atoms with Gasteiger partial charge < -0.3 is 15.8 Å². The summed E-state index contributed by atoms with van der Waals surface area (Å²) in [6.45, 7) is 1.39. The Morgan fingerprint density at radius 1 is 1.23 bits per heavy atom. The monoisotopic (exact) mass is 403 g/mol. The third kappa shape index (κ3) is 5.65. The standard InChI is InChI=1S/C17H25N3O4S.ClH/c18-16(12-3-4-12)11-19-17(21)13-5-7-15(8-6-13)25(22,23)20-10-14-2-1-9-24-14;/h5-8,12,14,16,20H,1-4,9-11,18H2,(H,19,21);1H. The molecule has 2 unspecified atom stereocenters. The minimum absolute atomic E-state index is 0. The largest absolute Gasteiger partial charge is 0.377 e. The summed E-state index contributed by atoms with van der Waals surface area (Å²) >= 11 is 0. The van der Waals surface area contributed by atoms with Crippen LogP contribution in [0, 0.1) is 5.92 Å². The summed E-state index contributed by atoms with van der Waals surface area (Å²) in [5.74, 6) is 0.273. The number of amides is 1. The fourth-order valence-electron chi connectivity index (χ4n) is 2.88. The number of nitrogens with one attached hydrogen (secondary N) is 2. The lowest BCUT2D eigenvalue weighted by molar-refractivity contribution is 0.0950. The summed E-state index contributed by atoms with van der Waals surface area (Å²) in [6.07, 6.45) is 4.02. The van der Waals surface area contributed by atoms with Crippen LogP contribution in [-0.2, 0) is 14.8 Å². The van der Waals surface area contributed by atoms with Crippen LogP contribution in [0.4, 0.5) is 0 Å². The highest BCUT2D eigenvalue weighted by molar-refractivity contribution is 7.89. The third-order valence-corrected chi connectivity index (χ3v) is 6.12. The van der Waals surface area contributed by atoms with Crippen molar-refractivity contribution in [2.75, 3.05) is 19.7 Å². The van der Waals surface area contributed by atoms with Gasteiger partial charge in [-0.15, -0.1) is 12.4 Å². The van der Waals surface area contributed by atoms with E-state index in [-0.39, 0.29) is 41.9 Å². The molecule has 1 aliphatic heterocycles. The molecule has 0 radical (unpaired) electrons. The lowest BCUT2D eigenvalue weighted by Gasteiger charge is -2.13. The van der Waals surface area contributed by atoms with Crippen molar-refractivity contribution in [3.8, 4) is 0 Å². The first-order valence-electron chi connectivity index (χ1n) is 8.71. The van der Waals surface area contributed by atoms with Gasteiger partial charge in [0, 0.05) is 31.3 Å². The second kappa shape index (κ2) is 9.14. The molecule has 0 bridgehead atoms. The molecule has 0 spiro atoms. The van der Waals surface area contributed by atoms with Gasteiger partial charge in [-0.1, -0.05) is 0 Å². The molecule has 9 heteroatoms. The Morgan fingerprint density at radius 3 is 2.50 bits per heavy atom. The Bertz CT molecular complexity index is 701. The molecular weight excluding hydrogens is 378 g/mol. The van der Waals surface area contributed by atoms with Crippen molar-refractivity contribution in [1.82, 2.24) is 10.0 Å². The van der Waals surface area contributed by atoms with Crippen LogP contribution in [0.15, 0.2) is 29.2 Å². The molecule has 146 valence electrons. The fourth-order valence-corrected chi connectivity index (χ4v) is 3.95. The number of nitrogens with two attached hydrogens (primary N) is 1. The highest BCUT2D eigenvalue weighted by Crippen LogP contribution is 2.31. The van der Waals surface area contributed by atoms with Crippen molar-refractivity contribution in [2.24, 2.45) is 11.7 Å². The first-order chi connectivity index (χ1) is 12.0. The zero-order valence-corrected chi connectivity index (χ0v) is 16.2. The summed E-state index contributed by atoms with van der Waals surface area (Å²) < 4.78 is 32.5. The van der Waals surface area contributed by atoms with Gasteiger partial charge in [0.1, 0.15) is 0 Å². The summed E-state index contributed by atoms with van der Waals surface area (Å²) in [4.78, 5) is 12.2. The fraction of sp³-hybridized carbons (Fsp3) is 0.588. The third-order valence-electron chi connectivity index (χ3n) is 4.68. The summed E-state index contributed by atoms with van der Waals surface area (Å²) in [5, 5.41) is 2.79. The van der Waals surface area contributed by atoms with E-state index in [1.807, 2.05) is 0 Å². The number of carbonyl (C=O) groups is 1. The molecule has 1 heterocycles. The molecule has 1 aliphatic carbocycles. The van der Waals surface area contributed by atoms with Crippen molar-refractivity contribution in [1.29, 1.82) is 0 Å². The molecule has 7 nitrogen and oxygen atoms in total. The second-order valence-corrected chi connectivity index (χ2v) is 8.49.